The number of carbonyl (C=O) groups excluding carboxylic acids is 1. The molecule has 1 aromatic heterocycles. The molecule has 8 nitrogen and oxygen atoms in total. The van der Waals surface area contributed by atoms with Crippen molar-refractivity contribution in [3.63, 3.8) is 0 Å². The molecule has 0 spiro atoms. The molecule has 0 saturated heterocycles. The number of aromatic nitrogens is 1. The topological polar surface area (TPSA) is 108 Å². The van der Waals surface area contributed by atoms with Gasteiger partial charge >= 0.3 is 11.7 Å². The van der Waals surface area contributed by atoms with Gasteiger partial charge in [0.05, 0.1) is 21.6 Å². The van der Waals surface area contributed by atoms with Gasteiger partial charge in [-0.1, -0.05) is 40.5 Å². The summed E-state index contributed by atoms with van der Waals surface area (Å²) in [6.07, 6.45) is 1.48. The van der Waals surface area contributed by atoms with Crippen LogP contribution < -0.4 is 5.32 Å². The first kappa shape index (κ1) is 19.2. The third-order valence-electron chi connectivity index (χ3n) is 4.22. The number of hydrogen-bond acceptors (Lipinski definition) is 7. The van der Waals surface area contributed by atoms with Crippen molar-refractivity contribution in [1.82, 2.24) is 10.5 Å². The summed E-state index contributed by atoms with van der Waals surface area (Å²) >= 11 is 12.5. The lowest BCUT2D eigenvalue weighted by Gasteiger charge is -2.22. The molecule has 0 radical (unpaired) electrons. The lowest BCUT2D eigenvalue weighted by molar-refractivity contribution is -0.386. The van der Waals surface area contributed by atoms with Gasteiger partial charge in [-0.3, -0.25) is 10.1 Å². The van der Waals surface area contributed by atoms with Crippen LogP contribution in [0, 0.1) is 17.0 Å². The predicted molar refractivity (Wildman–Crippen MR) is 98.6 cm³/mol. The molecule has 142 valence electrons. The van der Waals surface area contributed by atoms with E-state index >= 15 is 0 Å². The highest BCUT2D eigenvalue weighted by atomic mass is 35.5. The maximum absolute atomic E-state index is 12.5. The minimum absolute atomic E-state index is 0.0437. The van der Waals surface area contributed by atoms with E-state index in [9.17, 15) is 14.9 Å². The van der Waals surface area contributed by atoms with Crippen molar-refractivity contribution in [2.24, 2.45) is 0 Å². The maximum atomic E-state index is 12.5. The number of nitro groups is 1. The SMILES string of the molecule is CCOC(=O)[C@H]1NC=C(c2onc(C)c2[N+](=O)[O-])[C@@H]1c1cccc(Cl)c1Cl. The first-order chi connectivity index (χ1) is 12.9. The number of rotatable bonds is 5. The van der Waals surface area contributed by atoms with Crippen LogP contribution in [0.3, 0.4) is 0 Å². The molecule has 1 aromatic carbocycles. The summed E-state index contributed by atoms with van der Waals surface area (Å²) in [5.74, 6) is -1.28. The zero-order valence-corrected chi connectivity index (χ0v) is 15.9. The average molecular weight is 412 g/mol. The standard InChI is InChI=1S/C17H15Cl2N3O5/c1-3-26-17(23)14-12(9-5-4-6-11(18)13(9)19)10(7-20-14)16-15(22(24)25)8(2)21-27-16/h4-7,12,14,20H,3H2,1-2H3/t12-,14-/m0/s1. The van der Waals surface area contributed by atoms with Crippen molar-refractivity contribution in [1.29, 1.82) is 0 Å². The van der Waals surface area contributed by atoms with Crippen LogP contribution in [0.15, 0.2) is 28.9 Å². The van der Waals surface area contributed by atoms with Crippen LogP contribution in [0.1, 0.15) is 29.9 Å². The number of nitrogens with zero attached hydrogens (tertiary/aromatic N) is 2. The fourth-order valence-electron chi connectivity index (χ4n) is 3.07. The molecule has 27 heavy (non-hydrogen) atoms. The Balaban J connectivity index is 2.15. The van der Waals surface area contributed by atoms with Crippen LogP contribution in [0.5, 0.6) is 0 Å². The molecule has 0 bridgehead atoms. The Hall–Kier alpha value is -2.58. The molecular weight excluding hydrogens is 397 g/mol. The molecular formula is C17H15Cl2N3O5. The van der Waals surface area contributed by atoms with Gasteiger partial charge in [-0.15, -0.1) is 0 Å². The molecule has 0 saturated carbocycles. The van der Waals surface area contributed by atoms with E-state index in [4.69, 9.17) is 32.5 Å². The number of aryl methyl sites for hydroxylation is 1. The van der Waals surface area contributed by atoms with E-state index in [1.165, 1.54) is 13.1 Å². The number of halogens is 2. The normalized spacial score (nSPS) is 18.7. The van der Waals surface area contributed by atoms with Crippen molar-refractivity contribution in [2.75, 3.05) is 6.61 Å². The lowest BCUT2D eigenvalue weighted by Crippen LogP contribution is -2.36. The molecule has 0 amide bonds. The number of carbonyl (C=O) groups is 1. The summed E-state index contributed by atoms with van der Waals surface area (Å²) in [5, 5.41) is 18.6. The van der Waals surface area contributed by atoms with Gasteiger partial charge in [-0.25, -0.2) is 4.79 Å². The number of hydrogen-bond donors (Lipinski definition) is 1. The smallest absolute Gasteiger partial charge is 0.339 e. The summed E-state index contributed by atoms with van der Waals surface area (Å²) < 4.78 is 10.3. The molecule has 2 heterocycles. The number of benzene rings is 1. The monoisotopic (exact) mass is 411 g/mol. The number of esters is 1. The second-order valence-electron chi connectivity index (χ2n) is 5.82. The minimum atomic E-state index is -0.846. The van der Waals surface area contributed by atoms with Gasteiger partial charge in [-0.05, 0) is 25.5 Å². The molecule has 1 N–H and O–H groups in total. The fraction of sp³-hybridized carbons (Fsp3) is 0.294. The van der Waals surface area contributed by atoms with Gasteiger partial charge in [0.15, 0.2) is 5.69 Å². The third kappa shape index (κ3) is 3.38. The Kier molecular flexibility index (Phi) is 5.38. The van der Waals surface area contributed by atoms with Crippen LogP contribution in [0.4, 0.5) is 5.69 Å². The van der Waals surface area contributed by atoms with Crippen LogP contribution in [-0.2, 0) is 9.53 Å². The number of ether oxygens (including phenoxy) is 1. The lowest BCUT2D eigenvalue weighted by atomic mass is 9.86. The molecule has 10 heteroatoms. The van der Waals surface area contributed by atoms with Gasteiger partial charge in [-0.2, -0.15) is 0 Å². The van der Waals surface area contributed by atoms with Crippen molar-refractivity contribution in [3.05, 3.63) is 61.6 Å². The third-order valence-corrected chi connectivity index (χ3v) is 5.05. The quantitative estimate of drug-likeness (QED) is 0.451. The zero-order chi connectivity index (χ0) is 19.7. The van der Waals surface area contributed by atoms with Crippen molar-refractivity contribution in [2.45, 2.75) is 25.8 Å². The maximum Gasteiger partial charge on any atom is 0.339 e. The summed E-state index contributed by atoms with van der Waals surface area (Å²) in [6, 6.07) is 4.14. The van der Waals surface area contributed by atoms with Gasteiger partial charge in [0.25, 0.3) is 0 Å². The van der Waals surface area contributed by atoms with Crippen LogP contribution in [0.2, 0.25) is 10.0 Å². The first-order valence-corrected chi connectivity index (χ1v) is 8.80. The first-order valence-electron chi connectivity index (χ1n) is 8.04. The second-order valence-corrected chi connectivity index (χ2v) is 6.60. The van der Waals surface area contributed by atoms with E-state index < -0.39 is 22.9 Å². The molecule has 1 aliphatic rings. The van der Waals surface area contributed by atoms with Crippen molar-refractivity contribution in [3.8, 4) is 0 Å². The summed E-state index contributed by atoms with van der Waals surface area (Å²) in [4.78, 5) is 23.3. The fourth-order valence-corrected chi connectivity index (χ4v) is 3.49. The Morgan fingerprint density at radius 2 is 2.19 bits per heavy atom. The minimum Gasteiger partial charge on any atom is -0.464 e. The van der Waals surface area contributed by atoms with Crippen LogP contribution in [-0.4, -0.2) is 28.7 Å². The second kappa shape index (κ2) is 7.58. The van der Waals surface area contributed by atoms with E-state index in [1.807, 2.05) is 0 Å². The van der Waals surface area contributed by atoms with Crippen LogP contribution >= 0.6 is 23.2 Å². The average Bonchev–Trinajstić information content (AvgIpc) is 3.21. The molecule has 3 rings (SSSR count). The highest BCUT2D eigenvalue weighted by Crippen LogP contribution is 2.45. The molecule has 2 aromatic rings. The largest absolute Gasteiger partial charge is 0.464 e. The van der Waals surface area contributed by atoms with Gasteiger partial charge in [0.1, 0.15) is 6.04 Å². The Morgan fingerprint density at radius 3 is 2.85 bits per heavy atom. The van der Waals surface area contributed by atoms with E-state index in [0.29, 0.717) is 16.2 Å². The Morgan fingerprint density at radius 1 is 1.44 bits per heavy atom. The van der Waals surface area contributed by atoms with E-state index in [0.717, 1.165) is 0 Å². The van der Waals surface area contributed by atoms with Crippen molar-refractivity contribution < 1.29 is 19.0 Å². The summed E-state index contributed by atoms with van der Waals surface area (Å²) in [5.41, 5.74) is 0.744. The van der Waals surface area contributed by atoms with E-state index in [-0.39, 0.29) is 28.8 Å². The molecule has 0 aliphatic carbocycles. The molecule has 0 unspecified atom stereocenters. The van der Waals surface area contributed by atoms with E-state index in [1.54, 1.807) is 25.1 Å². The molecule has 0 fully saturated rings. The summed E-state index contributed by atoms with van der Waals surface area (Å²) in [7, 11) is 0. The van der Waals surface area contributed by atoms with Gasteiger partial charge in [0.2, 0.25) is 5.76 Å². The van der Waals surface area contributed by atoms with Crippen LogP contribution in [0.25, 0.3) is 5.57 Å². The Labute approximate surface area is 164 Å². The highest BCUT2D eigenvalue weighted by molar-refractivity contribution is 6.42. The highest BCUT2D eigenvalue weighted by Gasteiger charge is 2.43. The molecule has 1 aliphatic heterocycles. The van der Waals surface area contributed by atoms with E-state index in [2.05, 4.69) is 10.5 Å². The molecule has 2 atom stereocenters. The van der Waals surface area contributed by atoms with Crippen molar-refractivity contribution >= 4 is 40.4 Å². The van der Waals surface area contributed by atoms with Gasteiger partial charge < -0.3 is 14.6 Å². The Bertz CT molecular complexity index is 941. The van der Waals surface area contributed by atoms with Gasteiger partial charge in [0, 0.05) is 17.7 Å². The zero-order valence-electron chi connectivity index (χ0n) is 14.4. The summed E-state index contributed by atoms with van der Waals surface area (Å²) in [6.45, 7) is 3.34. The predicted octanol–water partition coefficient (Wildman–Crippen LogP) is 3.86. The number of nitrogens with one attached hydrogen (secondary N) is 1.